The summed E-state index contributed by atoms with van der Waals surface area (Å²) in [4.78, 5) is 6.56. The van der Waals surface area contributed by atoms with Crippen LogP contribution in [0.4, 0.5) is 0 Å². The van der Waals surface area contributed by atoms with Crippen LogP contribution < -0.4 is 4.74 Å². The monoisotopic (exact) mass is 278 g/mol. The van der Waals surface area contributed by atoms with E-state index in [-0.39, 0.29) is 5.54 Å². The fraction of sp³-hybridized carbons (Fsp3) is 0.688. The van der Waals surface area contributed by atoms with Gasteiger partial charge in [0.25, 0.3) is 0 Å². The van der Waals surface area contributed by atoms with Gasteiger partial charge in [0.1, 0.15) is 5.75 Å². The maximum Gasteiger partial charge on any atom is 0.137 e. The Balaban J connectivity index is 2.17. The lowest BCUT2D eigenvalue weighted by Gasteiger charge is -2.41. The minimum atomic E-state index is -0.566. The normalized spacial score (nSPS) is 19.4. The predicted octanol–water partition coefficient (Wildman–Crippen LogP) is 2.78. The summed E-state index contributed by atoms with van der Waals surface area (Å²) in [5.74, 6) is 0.688. The Hall–Kier alpha value is -1.13. The van der Waals surface area contributed by atoms with E-state index in [2.05, 4.69) is 23.7 Å². The number of aliphatic hydroxyl groups excluding tert-OH is 1. The molecule has 1 aliphatic rings. The van der Waals surface area contributed by atoms with Crippen LogP contribution in [0.25, 0.3) is 0 Å². The van der Waals surface area contributed by atoms with E-state index in [0.717, 1.165) is 18.7 Å². The second-order valence-corrected chi connectivity index (χ2v) is 6.12. The second kappa shape index (κ2) is 6.55. The van der Waals surface area contributed by atoms with Crippen molar-refractivity contribution in [3.8, 4) is 5.75 Å². The smallest absolute Gasteiger partial charge is 0.137 e. The van der Waals surface area contributed by atoms with Crippen LogP contribution in [0, 0.1) is 0 Å². The third-order valence-electron chi connectivity index (χ3n) is 4.38. The number of hydrogen-bond donors (Lipinski definition) is 1. The van der Waals surface area contributed by atoms with Crippen molar-refractivity contribution in [2.75, 3.05) is 20.2 Å². The van der Waals surface area contributed by atoms with Crippen molar-refractivity contribution < 1.29 is 9.84 Å². The summed E-state index contributed by atoms with van der Waals surface area (Å²) in [5.41, 5.74) is 0.525. The van der Waals surface area contributed by atoms with Crippen LogP contribution in [0.1, 0.15) is 51.2 Å². The molecular formula is C16H26N2O2. The summed E-state index contributed by atoms with van der Waals surface area (Å²) in [6, 6.07) is 1.87. The van der Waals surface area contributed by atoms with Gasteiger partial charge in [-0.25, -0.2) is 0 Å². The Morgan fingerprint density at radius 3 is 2.45 bits per heavy atom. The number of pyridine rings is 1. The van der Waals surface area contributed by atoms with Gasteiger partial charge >= 0.3 is 0 Å². The highest BCUT2D eigenvalue weighted by molar-refractivity contribution is 5.27. The first-order valence-corrected chi connectivity index (χ1v) is 7.48. The topological polar surface area (TPSA) is 45.6 Å². The summed E-state index contributed by atoms with van der Waals surface area (Å²) in [5, 5.41) is 10.8. The molecule has 1 aliphatic heterocycles. The van der Waals surface area contributed by atoms with Crippen molar-refractivity contribution >= 4 is 0 Å². The van der Waals surface area contributed by atoms with E-state index in [1.807, 2.05) is 6.07 Å². The molecule has 2 heterocycles. The third-order valence-corrected chi connectivity index (χ3v) is 4.38. The number of aliphatic hydroxyl groups is 1. The van der Waals surface area contributed by atoms with Crippen molar-refractivity contribution in [1.82, 2.24) is 9.88 Å². The van der Waals surface area contributed by atoms with Gasteiger partial charge in [-0.1, -0.05) is 12.8 Å². The number of likely N-dealkylation sites (tertiary alicyclic amines) is 1. The molecule has 0 radical (unpaired) electrons. The zero-order valence-electron chi connectivity index (χ0n) is 12.8. The highest BCUT2D eigenvalue weighted by Gasteiger charge is 2.35. The lowest BCUT2D eigenvalue weighted by molar-refractivity contribution is -0.0103. The average molecular weight is 278 g/mol. The van der Waals surface area contributed by atoms with Crippen LogP contribution >= 0.6 is 0 Å². The summed E-state index contributed by atoms with van der Waals surface area (Å²) in [7, 11) is 1.62. The first kappa shape index (κ1) is 15.3. The Labute approximate surface area is 121 Å². The molecule has 1 atom stereocenters. The molecule has 0 amide bonds. The molecule has 20 heavy (non-hydrogen) atoms. The number of rotatable bonds is 4. The standard InChI is InChI=1S/C16H26N2O2/c1-16(2,18-8-6-4-5-7-9-18)15(19)13-10-14(20-3)12-17-11-13/h10-12,15,19H,4-9H2,1-3H3. The molecule has 1 fully saturated rings. The molecule has 2 rings (SSSR count). The van der Waals surface area contributed by atoms with Gasteiger partial charge in [-0.15, -0.1) is 0 Å². The van der Waals surface area contributed by atoms with E-state index in [1.54, 1.807) is 19.5 Å². The maximum absolute atomic E-state index is 10.8. The fourth-order valence-corrected chi connectivity index (χ4v) is 2.92. The van der Waals surface area contributed by atoms with Gasteiger partial charge in [0.2, 0.25) is 0 Å². The number of aromatic nitrogens is 1. The molecule has 4 nitrogen and oxygen atoms in total. The van der Waals surface area contributed by atoms with Gasteiger partial charge in [-0.05, 0) is 45.8 Å². The SMILES string of the molecule is COc1cncc(C(O)C(C)(C)N2CCCCCC2)c1. The van der Waals surface area contributed by atoms with Crippen molar-refractivity contribution in [3.05, 3.63) is 24.0 Å². The molecule has 1 aromatic heterocycles. The van der Waals surface area contributed by atoms with E-state index < -0.39 is 6.10 Å². The van der Waals surface area contributed by atoms with Gasteiger partial charge in [0.05, 0.1) is 19.4 Å². The minimum absolute atomic E-state index is 0.293. The highest BCUT2D eigenvalue weighted by atomic mass is 16.5. The maximum atomic E-state index is 10.8. The quantitative estimate of drug-likeness (QED) is 0.920. The van der Waals surface area contributed by atoms with Crippen molar-refractivity contribution in [2.45, 2.75) is 51.2 Å². The van der Waals surface area contributed by atoms with Gasteiger partial charge in [-0.3, -0.25) is 9.88 Å². The number of nitrogens with zero attached hydrogens (tertiary/aromatic N) is 2. The van der Waals surface area contributed by atoms with Gasteiger partial charge in [0.15, 0.2) is 0 Å². The zero-order valence-corrected chi connectivity index (χ0v) is 12.8. The third kappa shape index (κ3) is 3.30. The van der Waals surface area contributed by atoms with E-state index in [0.29, 0.717) is 5.75 Å². The molecule has 4 heteroatoms. The molecule has 0 bridgehead atoms. The lowest BCUT2D eigenvalue weighted by Crippen LogP contribution is -2.48. The molecular weight excluding hydrogens is 252 g/mol. The summed E-state index contributed by atoms with van der Waals surface area (Å²) < 4.78 is 5.20. The van der Waals surface area contributed by atoms with Gasteiger partial charge < -0.3 is 9.84 Å². The number of hydrogen-bond acceptors (Lipinski definition) is 4. The minimum Gasteiger partial charge on any atom is -0.495 e. The highest BCUT2D eigenvalue weighted by Crippen LogP contribution is 2.33. The lowest BCUT2D eigenvalue weighted by atomic mass is 9.90. The van der Waals surface area contributed by atoms with Gasteiger partial charge in [-0.2, -0.15) is 0 Å². The van der Waals surface area contributed by atoms with E-state index in [9.17, 15) is 5.11 Å². The predicted molar refractivity (Wildman–Crippen MR) is 79.9 cm³/mol. The van der Waals surface area contributed by atoms with Crippen LogP contribution in [0.3, 0.4) is 0 Å². The molecule has 0 aromatic carbocycles. The Morgan fingerprint density at radius 1 is 1.20 bits per heavy atom. The Morgan fingerprint density at radius 2 is 1.85 bits per heavy atom. The second-order valence-electron chi connectivity index (χ2n) is 6.12. The van der Waals surface area contributed by atoms with Crippen molar-refractivity contribution in [1.29, 1.82) is 0 Å². The molecule has 1 N–H and O–H groups in total. The molecule has 112 valence electrons. The first-order valence-electron chi connectivity index (χ1n) is 7.48. The summed E-state index contributed by atoms with van der Waals surface area (Å²) >= 11 is 0. The zero-order chi connectivity index (χ0) is 14.6. The molecule has 1 unspecified atom stereocenters. The van der Waals surface area contributed by atoms with E-state index in [4.69, 9.17) is 4.74 Å². The van der Waals surface area contributed by atoms with Crippen LogP contribution in [0.15, 0.2) is 18.5 Å². The Kier molecular flexibility index (Phi) is 5.00. The largest absolute Gasteiger partial charge is 0.495 e. The van der Waals surface area contributed by atoms with E-state index in [1.165, 1.54) is 25.7 Å². The first-order chi connectivity index (χ1) is 9.55. The molecule has 0 aliphatic carbocycles. The molecule has 0 saturated carbocycles. The van der Waals surface area contributed by atoms with Crippen LogP contribution in [-0.4, -0.2) is 40.7 Å². The van der Waals surface area contributed by atoms with Crippen molar-refractivity contribution in [3.63, 3.8) is 0 Å². The molecule has 1 aromatic rings. The van der Waals surface area contributed by atoms with Crippen LogP contribution in [0.2, 0.25) is 0 Å². The van der Waals surface area contributed by atoms with Crippen molar-refractivity contribution in [2.24, 2.45) is 0 Å². The Bertz CT molecular complexity index is 426. The molecule has 0 spiro atoms. The van der Waals surface area contributed by atoms with Crippen LogP contribution in [0.5, 0.6) is 5.75 Å². The van der Waals surface area contributed by atoms with Crippen LogP contribution in [-0.2, 0) is 0 Å². The number of ether oxygens (including phenoxy) is 1. The summed E-state index contributed by atoms with van der Waals surface area (Å²) in [6.07, 6.45) is 7.84. The summed E-state index contributed by atoms with van der Waals surface area (Å²) in [6.45, 7) is 6.34. The van der Waals surface area contributed by atoms with E-state index >= 15 is 0 Å². The average Bonchev–Trinajstić information content (AvgIpc) is 2.76. The van der Waals surface area contributed by atoms with Gasteiger partial charge in [0, 0.05) is 17.3 Å². The molecule has 1 saturated heterocycles. The fourth-order valence-electron chi connectivity index (χ4n) is 2.92. The number of methoxy groups -OCH3 is 1.